The zero-order valence-corrected chi connectivity index (χ0v) is 15.9. The number of aromatic nitrogens is 1. The SMILES string of the molecule is O=C(Cn1ccc2cc([N+](=O)[O-])ccc21)NCc1cc(Br)ccc1OC(F)F. The number of nitrogens with one attached hydrogen (secondary N) is 1. The Balaban J connectivity index is 1.69. The van der Waals surface area contributed by atoms with Crippen LogP contribution in [0.1, 0.15) is 5.56 Å². The third-order valence-corrected chi connectivity index (χ3v) is 4.49. The van der Waals surface area contributed by atoms with Gasteiger partial charge in [-0.15, -0.1) is 0 Å². The summed E-state index contributed by atoms with van der Waals surface area (Å²) < 4.78 is 31.8. The van der Waals surface area contributed by atoms with Crippen molar-refractivity contribution in [3.8, 4) is 5.75 Å². The Labute approximate surface area is 166 Å². The van der Waals surface area contributed by atoms with Crippen molar-refractivity contribution in [1.29, 1.82) is 0 Å². The predicted molar refractivity (Wildman–Crippen MR) is 101 cm³/mol. The van der Waals surface area contributed by atoms with E-state index in [0.29, 0.717) is 20.9 Å². The summed E-state index contributed by atoms with van der Waals surface area (Å²) in [5.41, 5.74) is 1.04. The predicted octanol–water partition coefficient (Wildman–Crippen LogP) is 4.23. The minimum atomic E-state index is -2.97. The van der Waals surface area contributed by atoms with Gasteiger partial charge in [0.1, 0.15) is 12.3 Å². The molecule has 10 heteroatoms. The third-order valence-electron chi connectivity index (χ3n) is 3.99. The third kappa shape index (κ3) is 4.63. The second-order valence-electron chi connectivity index (χ2n) is 5.85. The van der Waals surface area contributed by atoms with Crippen molar-refractivity contribution in [2.45, 2.75) is 19.7 Å². The highest BCUT2D eigenvalue weighted by molar-refractivity contribution is 9.10. The molecule has 1 amide bonds. The molecule has 146 valence electrons. The molecule has 0 spiro atoms. The molecular formula is C18H14BrF2N3O4. The number of hydrogen-bond acceptors (Lipinski definition) is 4. The molecular weight excluding hydrogens is 440 g/mol. The van der Waals surface area contributed by atoms with Gasteiger partial charge in [0.2, 0.25) is 5.91 Å². The van der Waals surface area contributed by atoms with Crippen molar-refractivity contribution in [3.63, 3.8) is 0 Å². The summed E-state index contributed by atoms with van der Waals surface area (Å²) in [5, 5.41) is 14.1. The molecule has 0 bridgehead atoms. The van der Waals surface area contributed by atoms with Crippen LogP contribution in [0.5, 0.6) is 5.75 Å². The summed E-state index contributed by atoms with van der Waals surface area (Å²) in [6, 6.07) is 10.6. The molecule has 1 heterocycles. The minimum absolute atomic E-state index is 0.00496. The van der Waals surface area contributed by atoms with E-state index in [0.717, 1.165) is 0 Å². The lowest BCUT2D eigenvalue weighted by Crippen LogP contribution is -2.27. The number of nitrogens with zero attached hydrogens (tertiary/aromatic N) is 2. The summed E-state index contributed by atoms with van der Waals surface area (Å²) in [4.78, 5) is 22.6. The van der Waals surface area contributed by atoms with Crippen molar-refractivity contribution < 1.29 is 23.2 Å². The largest absolute Gasteiger partial charge is 0.434 e. The number of carbonyl (C=O) groups excluding carboxylic acids is 1. The first-order valence-electron chi connectivity index (χ1n) is 8.06. The summed E-state index contributed by atoms with van der Waals surface area (Å²) in [6.45, 7) is -2.99. The van der Waals surface area contributed by atoms with Gasteiger partial charge in [-0.1, -0.05) is 15.9 Å². The Hall–Kier alpha value is -3.01. The van der Waals surface area contributed by atoms with E-state index in [1.165, 1.54) is 18.2 Å². The highest BCUT2D eigenvalue weighted by atomic mass is 79.9. The van der Waals surface area contributed by atoms with Gasteiger partial charge in [-0.2, -0.15) is 8.78 Å². The Morgan fingerprint density at radius 1 is 1.25 bits per heavy atom. The molecule has 0 aliphatic carbocycles. The van der Waals surface area contributed by atoms with Gasteiger partial charge in [-0.3, -0.25) is 14.9 Å². The first-order valence-corrected chi connectivity index (χ1v) is 8.86. The molecule has 2 aromatic carbocycles. The van der Waals surface area contributed by atoms with Crippen LogP contribution in [0.25, 0.3) is 10.9 Å². The number of non-ortho nitro benzene ring substituents is 1. The van der Waals surface area contributed by atoms with E-state index < -0.39 is 11.5 Å². The summed E-state index contributed by atoms with van der Waals surface area (Å²) >= 11 is 3.25. The molecule has 0 radical (unpaired) electrons. The maximum atomic E-state index is 12.5. The fourth-order valence-corrected chi connectivity index (χ4v) is 3.15. The molecule has 0 saturated carbocycles. The normalized spacial score (nSPS) is 11.0. The van der Waals surface area contributed by atoms with Crippen LogP contribution in [-0.4, -0.2) is 22.0 Å². The van der Waals surface area contributed by atoms with Gasteiger partial charge < -0.3 is 14.6 Å². The summed E-state index contributed by atoms with van der Waals surface area (Å²) in [6.07, 6.45) is 1.65. The van der Waals surface area contributed by atoms with Crippen LogP contribution >= 0.6 is 15.9 Å². The number of nitro benzene ring substituents is 1. The molecule has 0 fully saturated rings. The van der Waals surface area contributed by atoms with Gasteiger partial charge >= 0.3 is 6.61 Å². The number of halogens is 3. The molecule has 0 atom stereocenters. The van der Waals surface area contributed by atoms with E-state index in [2.05, 4.69) is 26.0 Å². The fourth-order valence-electron chi connectivity index (χ4n) is 2.74. The zero-order chi connectivity index (χ0) is 20.3. The second kappa shape index (κ2) is 8.34. The van der Waals surface area contributed by atoms with Crippen molar-refractivity contribution in [2.75, 3.05) is 0 Å². The topological polar surface area (TPSA) is 86.4 Å². The molecule has 28 heavy (non-hydrogen) atoms. The first kappa shape index (κ1) is 19.7. The van der Waals surface area contributed by atoms with Gasteiger partial charge in [0.25, 0.3) is 5.69 Å². The Bertz CT molecular complexity index is 1040. The van der Waals surface area contributed by atoms with Crippen LogP contribution in [0.2, 0.25) is 0 Å². The number of ether oxygens (including phenoxy) is 1. The van der Waals surface area contributed by atoms with Crippen LogP contribution in [0.15, 0.2) is 53.1 Å². The number of benzene rings is 2. The van der Waals surface area contributed by atoms with Gasteiger partial charge in [-0.25, -0.2) is 0 Å². The van der Waals surface area contributed by atoms with Crippen LogP contribution in [-0.2, 0) is 17.9 Å². The number of alkyl halides is 2. The van der Waals surface area contributed by atoms with E-state index >= 15 is 0 Å². The van der Waals surface area contributed by atoms with Gasteiger partial charge in [0.15, 0.2) is 0 Å². The number of amides is 1. The van der Waals surface area contributed by atoms with E-state index in [9.17, 15) is 23.7 Å². The molecule has 0 unspecified atom stereocenters. The van der Waals surface area contributed by atoms with E-state index in [1.807, 2.05) is 0 Å². The minimum Gasteiger partial charge on any atom is -0.434 e. The van der Waals surface area contributed by atoms with Gasteiger partial charge in [-0.05, 0) is 30.3 Å². The monoisotopic (exact) mass is 453 g/mol. The van der Waals surface area contributed by atoms with Crippen molar-refractivity contribution in [1.82, 2.24) is 9.88 Å². The molecule has 1 aromatic heterocycles. The fraction of sp³-hybridized carbons (Fsp3) is 0.167. The molecule has 0 aliphatic rings. The molecule has 1 N–H and O–H groups in total. The number of fused-ring (bicyclic) bond motifs is 1. The lowest BCUT2D eigenvalue weighted by Gasteiger charge is -2.12. The molecule has 3 aromatic rings. The van der Waals surface area contributed by atoms with Crippen molar-refractivity contribution in [3.05, 3.63) is 68.8 Å². The van der Waals surface area contributed by atoms with Crippen LogP contribution < -0.4 is 10.1 Å². The second-order valence-corrected chi connectivity index (χ2v) is 6.77. The molecule has 0 saturated heterocycles. The number of hydrogen-bond donors (Lipinski definition) is 1. The maximum Gasteiger partial charge on any atom is 0.387 e. The highest BCUT2D eigenvalue weighted by Gasteiger charge is 2.13. The van der Waals surface area contributed by atoms with Gasteiger partial charge in [0.05, 0.1) is 4.92 Å². The Morgan fingerprint density at radius 3 is 2.75 bits per heavy atom. The summed E-state index contributed by atoms with van der Waals surface area (Å²) in [5.74, 6) is -0.365. The average molecular weight is 454 g/mol. The van der Waals surface area contributed by atoms with E-state index in [1.54, 1.807) is 35.0 Å². The van der Waals surface area contributed by atoms with E-state index in [4.69, 9.17) is 0 Å². The highest BCUT2D eigenvalue weighted by Crippen LogP contribution is 2.25. The molecule has 0 aliphatic heterocycles. The number of rotatable bonds is 7. The van der Waals surface area contributed by atoms with E-state index in [-0.39, 0.29) is 30.4 Å². The number of carbonyl (C=O) groups is 1. The number of nitro groups is 1. The molecule has 7 nitrogen and oxygen atoms in total. The van der Waals surface area contributed by atoms with Crippen molar-refractivity contribution in [2.24, 2.45) is 0 Å². The van der Waals surface area contributed by atoms with Gasteiger partial charge in [0, 0.05) is 45.8 Å². The van der Waals surface area contributed by atoms with Crippen LogP contribution in [0.3, 0.4) is 0 Å². The zero-order valence-electron chi connectivity index (χ0n) is 14.3. The first-order chi connectivity index (χ1) is 13.3. The average Bonchev–Trinajstić information content (AvgIpc) is 3.03. The summed E-state index contributed by atoms with van der Waals surface area (Å²) in [7, 11) is 0. The smallest absolute Gasteiger partial charge is 0.387 e. The van der Waals surface area contributed by atoms with Crippen molar-refractivity contribution >= 4 is 38.4 Å². The molecule has 3 rings (SSSR count). The lowest BCUT2D eigenvalue weighted by molar-refractivity contribution is -0.384. The van der Waals surface area contributed by atoms with Crippen LogP contribution in [0.4, 0.5) is 14.5 Å². The standard InChI is InChI=1S/C18H14BrF2N3O4/c19-13-1-4-16(28-18(20)21)12(7-13)9-22-17(25)10-23-6-5-11-8-14(24(26)27)2-3-15(11)23/h1-8,18H,9-10H2,(H,22,25). The Kier molecular flexibility index (Phi) is 5.88. The quantitative estimate of drug-likeness (QED) is 0.428. The van der Waals surface area contributed by atoms with Crippen LogP contribution in [0, 0.1) is 10.1 Å². The lowest BCUT2D eigenvalue weighted by atomic mass is 10.2. The Morgan fingerprint density at radius 2 is 2.04 bits per heavy atom. The maximum absolute atomic E-state index is 12.5.